The number of rotatable bonds is 4. The number of carbonyl (C=O) groups is 1. The highest BCUT2D eigenvalue weighted by Crippen LogP contribution is 2.23. The first kappa shape index (κ1) is 16.0. The minimum Gasteiger partial charge on any atom is -0.393 e. The third-order valence-corrected chi connectivity index (χ3v) is 4.85. The van der Waals surface area contributed by atoms with E-state index in [1.807, 2.05) is 29.3 Å². The average Bonchev–Trinajstić information content (AvgIpc) is 2.88. The normalized spacial score (nSPS) is 22.3. The molecule has 0 bridgehead atoms. The quantitative estimate of drug-likeness (QED) is 0.805. The van der Waals surface area contributed by atoms with E-state index in [4.69, 9.17) is 0 Å². The molecule has 0 aliphatic carbocycles. The van der Waals surface area contributed by atoms with Gasteiger partial charge in [0.05, 0.1) is 12.2 Å². The van der Waals surface area contributed by atoms with Gasteiger partial charge in [-0.05, 0) is 37.3 Å². The average molecular weight is 316 g/mol. The summed E-state index contributed by atoms with van der Waals surface area (Å²) in [7, 11) is 0. The Labute approximate surface area is 135 Å². The number of aryl methyl sites for hydroxylation is 1. The molecule has 1 saturated heterocycles. The summed E-state index contributed by atoms with van der Waals surface area (Å²) in [6, 6.07) is 8.10. The first-order chi connectivity index (χ1) is 11.1. The standard InChI is InChI=1S/C18H24N2O3/c21-13-18(23)8-3-10-20(11-9-18)17(22)7-6-14-12-19-16-5-2-1-4-15(14)16/h1-2,4-5,12,19,21,23H,3,6-11,13H2/t18-/m1/s1. The predicted octanol–water partition coefficient (Wildman–Crippen LogP) is 1.84. The van der Waals surface area contributed by atoms with Crippen molar-refractivity contribution < 1.29 is 15.0 Å². The second-order valence-electron chi connectivity index (χ2n) is 6.48. The summed E-state index contributed by atoms with van der Waals surface area (Å²) < 4.78 is 0. The SMILES string of the molecule is O=C(CCc1c[nH]c2ccccc12)N1CCC[C@](O)(CO)CC1. The molecule has 124 valence electrons. The van der Waals surface area contributed by atoms with E-state index in [2.05, 4.69) is 11.1 Å². The van der Waals surface area contributed by atoms with Crippen LogP contribution in [0.2, 0.25) is 0 Å². The van der Waals surface area contributed by atoms with Gasteiger partial charge in [-0.25, -0.2) is 0 Å². The van der Waals surface area contributed by atoms with Crippen molar-refractivity contribution in [2.45, 2.75) is 37.7 Å². The van der Waals surface area contributed by atoms with Gasteiger partial charge < -0.3 is 20.1 Å². The number of benzene rings is 1. The molecule has 1 aromatic heterocycles. The number of aliphatic hydroxyl groups is 2. The molecule has 0 saturated carbocycles. The summed E-state index contributed by atoms with van der Waals surface area (Å²) in [5, 5.41) is 20.6. The first-order valence-electron chi connectivity index (χ1n) is 8.27. The van der Waals surface area contributed by atoms with E-state index in [1.54, 1.807) is 0 Å². The molecule has 0 radical (unpaired) electrons. The zero-order valence-electron chi connectivity index (χ0n) is 13.3. The zero-order valence-corrected chi connectivity index (χ0v) is 13.3. The maximum Gasteiger partial charge on any atom is 0.222 e. The fraction of sp³-hybridized carbons (Fsp3) is 0.500. The van der Waals surface area contributed by atoms with E-state index >= 15 is 0 Å². The van der Waals surface area contributed by atoms with Crippen LogP contribution in [0.15, 0.2) is 30.5 Å². The number of nitrogens with one attached hydrogen (secondary N) is 1. The van der Waals surface area contributed by atoms with Gasteiger partial charge in [0, 0.05) is 36.6 Å². The maximum atomic E-state index is 12.5. The number of aliphatic hydroxyl groups excluding tert-OH is 1. The molecule has 1 aliphatic heterocycles. The Morgan fingerprint density at radius 2 is 2.09 bits per heavy atom. The van der Waals surface area contributed by atoms with Crippen LogP contribution < -0.4 is 0 Å². The number of aromatic nitrogens is 1. The second-order valence-corrected chi connectivity index (χ2v) is 6.48. The van der Waals surface area contributed by atoms with Gasteiger partial charge in [0.15, 0.2) is 0 Å². The molecule has 1 aliphatic rings. The molecular weight excluding hydrogens is 292 g/mol. The number of amides is 1. The van der Waals surface area contributed by atoms with Crippen molar-refractivity contribution in [3.8, 4) is 0 Å². The summed E-state index contributed by atoms with van der Waals surface area (Å²) in [5.41, 5.74) is 1.24. The van der Waals surface area contributed by atoms with Crippen molar-refractivity contribution in [1.29, 1.82) is 0 Å². The number of hydrogen-bond acceptors (Lipinski definition) is 3. The highest BCUT2D eigenvalue weighted by atomic mass is 16.3. The van der Waals surface area contributed by atoms with Crippen LogP contribution in [0.3, 0.4) is 0 Å². The molecule has 23 heavy (non-hydrogen) atoms. The van der Waals surface area contributed by atoms with Gasteiger partial charge in [-0.2, -0.15) is 0 Å². The van der Waals surface area contributed by atoms with Crippen molar-refractivity contribution >= 4 is 16.8 Å². The molecule has 1 atom stereocenters. The lowest BCUT2D eigenvalue weighted by Gasteiger charge is -2.24. The first-order valence-corrected chi connectivity index (χ1v) is 8.27. The third kappa shape index (κ3) is 3.57. The lowest BCUT2D eigenvalue weighted by molar-refractivity contribution is -0.131. The van der Waals surface area contributed by atoms with E-state index in [1.165, 1.54) is 5.39 Å². The molecule has 3 rings (SSSR count). The number of fused-ring (bicyclic) bond motifs is 1. The summed E-state index contributed by atoms with van der Waals surface area (Å²) in [5.74, 6) is 0.123. The minimum atomic E-state index is -1.02. The number of hydrogen-bond donors (Lipinski definition) is 3. The van der Waals surface area contributed by atoms with Crippen LogP contribution in [0.4, 0.5) is 0 Å². The van der Waals surface area contributed by atoms with Crippen LogP contribution >= 0.6 is 0 Å². The molecule has 0 spiro atoms. The summed E-state index contributed by atoms with van der Waals surface area (Å²) >= 11 is 0. The van der Waals surface area contributed by atoms with E-state index in [-0.39, 0.29) is 12.5 Å². The molecule has 5 nitrogen and oxygen atoms in total. The van der Waals surface area contributed by atoms with Crippen LogP contribution in [-0.2, 0) is 11.2 Å². The van der Waals surface area contributed by atoms with Gasteiger partial charge >= 0.3 is 0 Å². The van der Waals surface area contributed by atoms with Gasteiger partial charge in [0.2, 0.25) is 5.91 Å². The monoisotopic (exact) mass is 316 g/mol. The van der Waals surface area contributed by atoms with Crippen LogP contribution in [-0.4, -0.2) is 51.3 Å². The Morgan fingerprint density at radius 3 is 2.91 bits per heavy atom. The van der Waals surface area contributed by atoms with Gasteiger partial charge in [-0.3, -0.25) is 4.79 Å². The summed E-state index contributed by atoms with van der Waals surface area (Å²) in [6.07, 6.45) is 4.89. The Morgan fingerprint density at radius 1 is 1.26 bits per heavy atom. The Balaban J connectivity index is 1.59. The smallest absolute Gasteiger partial charge is 0.222 e. The second kappa shape index (κ2) is 6.72. The highest BCUT2D eigenvalue weighted by Gasteiger charge is 2.30. The Bertz CT molecular complexity index is 682. The van der Waals surface area contributed by atoms with Crippen molar-refractivity contribution in [3.05, 3.63) is 36.0 Å². The third-order valence-electron chi connectivity index (χ3n) is 4.85. The van der Waals surface area contributed by atoms with Gasteiger partial charge in [0.25, 0.3) is 0 Å². The van der Waals surface area contributed by atoms with E-state index in [0.717, 1.165) is 17.5 Å². The van der Waals surface area contributed by atoms with Crippen LogP contribution in [0, 0.1) is 0 Å². The fourth-order valence-electron chi connectivity index (χ4n) is 3.32. The predicted molar refractivity (Wildman–Crippen MR) is 89.1 cm³/mol. The largest absolute Gasteiger partial charge is 0.393 e. The number of nitrogens with zero attached hydrogens (tertiary/aromatic N) is 1. The molecular formula is C18H24N2O3. The van der Waals surface area contributed by atoms with Crippen LogP contribution in [0.25, 0.3) is 10.9 Å². The molecule has 0 unspecified atom stereocenters. The van der Waals surface area contributed by atoms with E-state index in [0.29, 0.717) is 38.8 Å². The zero-order chi connectivity index (χ0) is 16.3. The van der Waals surface area contributed by atoms with Crippen LogP contribution in [0.5, 0.6) is 0 Å². The van der Waals surface area contributed by atoms with Gasteiger partial charge in [-0.15, -0.1) is 0 Å². The Hall–Kier alpha value is -1.85. The van der Waals surface area contributed by atoms with Gasteiger partial charge in [0.1, 0.15) is 0 Å². The highest BCUT2D eigenvalue weighted by molar-refractivity contribution is 5.84. The molecule has 2 heterocycles. The minimum absolute atomic E-state index is 0.123. The van der Waals surface area contributed by atoms with Crippen molar-refractivity contribution in [2.24, 2.45) is 0 Å². The Kier molecular flexibility index (Phi) is 4.68. The molecule has 1 fully saturated rings. The van der Waals surface area contributed by atoms with E-state index < -0.39 is 5.60 Å². The number of likely N-dealkylation sites (tertiary alicyclic amines) is 1. The molecule has 1 aromatic carbocycles. The topological polar surface area (TPSA) is 76.6 Å². The number of carbonyl (C=O) groups excluding carboxylic acids is 1. The summed E-state index contributed by atoms with van der Waals surface area (Å²) in [6.45, 7) is 0.948. The molecule has 1 amide bonds. The molecule has 2 aromatic rings. The number of H-pyrrole nitrogens is 1. The molecule has 3 N–H and O–H groups in total. The molecule has 5 heteroatoms. The number of aromatic amines is 1. The summed E-state index contributed by atoms with van der Waals surface area (Å²) in [4.78, 5) is 17.5. The van der Waals surface area contributed by atoms with E-state index in [9.17, 15) is 15.0 Å². The lowest BCUT2D eigenvalue weighted by Crippen LogP contribution is -2.36. The van der Waals surface area contributed by atoms with Crippen molar-refractivity contribution in [3.63, 3.8) is 0 Å². The number of para-hydroxylation sites is 1. The van der Waals surface area contributed by atoms with Crippen molar-refractivity contribution in [1.82, 2.24) is 9.88 Å². The van der Waals surface area contributed by atoms with Crippen molar-refractivity contribution in [2.75, 3.05) is 19.7 Å². The van der Waals surface area contributed by atoms with Crippen LogP contribution in [0.1, 0.15) is 31.2 Å². The fourth-order valence-corrected chi connectivity index (χ4v) is 3.32. The lowest BCUT2D eigenvalue weighted by atomic mass is 9.96. The maximum absolute atomic E-state index is 12.5. The van der Waals surface area contributed by atoms with Gasteiger partial charge in [-0.1, -0.05) is 18.2 Å².